The van der Waals surface area contributed by atoms with Crippen molar-refractivity contribution in [2.75, 3.05) is 20.2 Å². The summed E-state index contributed by atoms with van der Waals surface area (Å²) >= 11 is 6.11. The maximum absolute atomic E-state index is 6.11. The van der Waals surface area contributed by atoms with Gasteiger partial charge in [-0.2, -0.15) is 5.10 Å². The number of nitrogens with zero attached hydrogens (tertiary/aromatic N) is 2. The van der Waals surface area contributed by atoms with Gasteiger partial charge in [0.15, 0.2) is 10.9 Å². The molecule has 1 unspecified atom stereocenters. The molecular weight excluding hydrogens is 202 g/mol. The molecule has 14 heavy (non-hydrogen) atoms. The molecule has 1 aliphatic heterocycles. The SMILES string of the molecule is COc1cnn(C2CCCNC2)c1Cl. The monoisotopic (exact) mass is 215 g/mol. The first-order valence-corrected chi connectivity index (χ1v) is 5.18. The van der Waals surface area contributed by atoms with Crippen molar-refractivity contribution in [1.82, 2.24) is 15.1 Å². The number of hydrogen-bond acceptors (Lipinski definition) is 3. The predicted molar refractivity (Wildman–Crippen MR) is 54.9 cm³/mol. The van der Waals surface area contributed by atoms with Crippen LogP contribution in [-0.2, 0) is 0 Å². The van der Waals surface area contributed by atoms with Crippen molar-refractivity contribution in [3.8, 4) is 5.75 Å². The van der Waals surface area contributed by atoms with Crippen LogP contribution < -0.4 is 10.1 Å². The Labute approximate surface area is 88.2 Å². The second-order valence-corrected chi connectivity index (χ2v) is 3.81. The molecule has 1 aliphatic rings. The summed E-state index contributed by atoms with van der Waals surface area (Å²) in [6, 6.07) is 0.361. The first-order chi connectivity index (χ1) is 6.83. The Morgan fingerprint density at radius 2 is 2.57 bits per heavy atom. The van der Waals surface area contributed by atoms with E-state index in [1.54, 1.807) is 13.3 Å². The van der Waals surface area contributed by atoms with Crippen molar-refractivity contribution >= 4 is 11.6 Å². The summed E-state index contributed by atoms with van der Waals surface area (Å²) in [4.78, 5) is 0. The van der Waals surface area contributed by atoms with Crippen LogP contribution in [0.3, 0.4) is 0 Å². The molecule has 0 saturated carbocycles. The molecule has 0 aliphatic carbocycles. The number of piperidine rings is 1. The van der Waals surface area contributed by atoms with Gasteiger partial charge in [-0.15, -0.1) is 0 Å². The highest BCUT2D eigenvalue weighted by atomic mass is 35.5. The fourth-order valence-corrected chi connectivity index (χ4v) is 2.07. The van der Waals surface area contributed by atoms with Gasteiger partial charge in [0.1, 0.15) is 0 Å². The molecule has 1 saturated heterocycles. The minimum atomic E-state index is 0.361. The van der Waals surface area contributed by atoms with E-state index in [0.717, 1.165) is 19.5 Å². The number of hydrogen-bond donors (Lipinski definition) is 1. The quantitative estimate of drug-likeness (QED) is 0.812. The van der Waals surface area contributed by atoms with E-state index in [2.05, 4.69) is 10.4 Å². The van der Waals surface area contributed by atoms with Crippen LogP contribution in [0.1, 0.15) is 18.9 Å². The van der Waals surface area contributed by atoms with Gasteiger partial charge in [-0.3, -0.25) is 0 Å². The molecule has 78 valence electrons. The molecule has 2 heterocycles. The maximum Gasteiger partial charge on any atom is 0.175 e. The van der Waals surface area contributed by atoms with E-state index in [4.69, 9.17) is 16.3 Å². The number of rotatable bonds is 2. The van der Waals surface area contributed by atoms with E-state index in [1.165, 1.54) is 6.42 Å². The summed E-state index contributed by atoms with van der Waals surface area (Å²) < 4.78 is 6.92. The first kappa shape index (κ1) is 9.80. The summed E-state index contributed by atoms with van der Waals surface area (Å²) in [6.45, 7) is 2.02. The molecule has 1 atom stereocenters. The highest BCUT2D eigenvalue weighted by Gasteiger charge is 2.19. The third-order valence-corrected chi connectivity index (χ3v) is 2.90. The minimum absolute atomic E-state index is 0.361. The number of ether oxygens (including phenoxy) is 1. The van der Waals surface area contributed by atoms with Crippen LogP contribution in [0.2, 0.25) is 5.15 Å². The van der Waals surface area contributed by atoms with E-state index in [9.17, 15) is 0 Å². The van der Waals surface area contributed by atoms with Crippen molar-refractivity contribution in [2.24, 2.45) is 0 Å². The minimum Gasteiger partial charge on any atom is -0.492 e. The summed E-state index contributed by atoms with van der Waals surface area (Å²) in [7, 11) is 1.60. The molecule has 0 aromatic carbocycles. The van der Waals surface area contributed by atoms with Gasteiger partial charge in [-0.1, -0.05) is 11.6 Å². The molecule has 1 aromatic heterocycles. The van der Waals surface area contributed by atoms with E-state index >= 15 is 0 Å². The number of methoxy groups -OCH3 is 1. The van der Waals surface area contributed by atoms with Crippen molar-refractivity contribution in [3.63, 3.8) is 0 Å². The highest BCUT2D eigenvalue weighted by molar-refractivity contribution is 6.31. The molecular formula is C9H14ClN3O. The Balaban J connectivity index is 2.18. The van der Waals surface area contributed by atoms with E-state index < -0.39 is 0 Å². The average Bonchev–Trinajstić information content (AvgIpc) is 2.61. The second kappa shape index (κ2) is 4.19. The van der Waals surface area contributed by atoms with Gasteiger partial charge in [-0.25, -0.2) is 4.68 Å². The predicted octanol–water partition coefficient (Wildman–Crippen LogP) is 1.47. The Bertz CT molecular complexity index is 307. The molecule has 0 bridgehead atoms. The zero-order chi connectivity index (χ0) is 9.97. The lowest BCUT2D eigenvalue weighted by Crippen LogP contribution is -2.32. The average molecular weight is 216 g/mol. The zero-order valence-electron chi connectivity index (χ0n) is 8.16. The molecule has 0 radical (unpaired) electrons. The van der Waals surface area contributed by atoms with Crippen molar-refractivity contribution < 1.29 is 4.74 Å². The fraction of sp³-hybridized carbons (Fsp3) is 0.667. The standard InChI is InChI=1S/C9H14ClN3O/c1-14-8-6-12-13(9(8)10)7-3-2-4-11-5-7/h6-7,11H,2-5H2,1H3. The van der Waals surface area contributed by atoms with Crippen molar-refractivity contribution in [2.45, 2.75) is 18.9 Å². The van der Waals surface area contributed by atoms with Gasteiger partial charge in [0.2, 0.25) is 0 Å². The lowest BCUT2D eigenvalue weighted by atomic mass is 10.1. The molecule has 2 rings (SSSR count). The van der Waals surface area contributed by atoms with Crippen LogP contribution >= 0.6 is 11.6 Å². The van der Waals surface area contributed by atoms with Gasteiger partial charge in [-0.05, 0) is 19.4 Å². The Morgan fingerprint density at radius 1 is 1.71 bits per heavy atom. The third-order valence-electron chi connectivity index (χ3n) is 2.54. The highest BCUT2D eigenvalue weighted by Crippen LogP contribution is 2.28. The lowest BCUT2D eigenvalue weighted by Gasteiger charge is -2.23. The second-order valence-electron chi connectivity index (χ2n) is 3.45. The van der Waals surface area contributed by atoms with Crippen molar-refractivity contribution in [3.05, 3.63) is 11.3 Å². The lowest BCUT2D eigenvalue weighted by molar-refractivity contribution is 0.345. The molecule has 1 fully saturated rings. The molecule has 1 N–H and O–H groups in total. The van der Waals surface area contributed by atoms with Gasteiger partial charge >= 0.3 is 0 Å². The molecule has 0 amide bonds. The molecule has 5 heteroatoms. The molecule has 1 aromatic rings. The van der Waals surface area contributed by atoms with Gasteiger partial charge in [0.25, 0.3) is 0 Å². The number of halogens is 1. The first-order valence-electron chi connectivity index (χ1n) is 4.80. The number of aromatic nitrogens is 2. The zero-order valence-corrected chi connectivity index (χ0v) is 8.92. The fourth-order valence-electron chi connectivity index (χ4n) is 1.77. The van der Waals surface area contributed by atoms with Crippen LogP contribution in [0.25, 0.3) is 0 Å². The van der Waals surface area contributed by atoms with Crippen LogP contribution in [0.5, 0.6) is 5.75 Å². The summed E-state index contributed by atoms with van der Waals surface area (Å²) in [5.74, 6) is 0.650. The van der Waals surface area contributed by atoms with Gasteiger partial charge in [0.05, 0.1) is 19.3 Å². The Kier molecular flexibility index (Phi) is 2.93. The van der Waals surface area contributed by atoms with Crippen LogP contribution in [-0.4, -0.2) is 30.0 Å². The van der Waals surface area contributed by atoms with Gasteiger partial charge < -0.3 is 10.1 Å². The smallest absolute Gasteiger partial charge is 0.175 e. The summed E-state index contributed by atoms with van der Waals surface area (Å²) in [5.41, 5.74) is 0. The van der Waals surface area contributed by atoms with E-state index in [0.29, 0.717) is 16.9 Å². The third kappa shape index (κ3) is 1.72. The summed E-state index contributed by atoms with van der Waals surface area (Å²) in [5, 5.41) is 8.16. The summed E-state index contributed by atoms with van der Waals surface area (Å²) in [6.07, 6.45) is 3.96. The van der Waals surface area contributed by atoms with E-state index in [1.807, 2.05) is 4.68 Å². The van der Waals surface area contributed by atoms with Crippen LogP contribution in [0, 0.1) is 0 Å². The largest absolute Gasteiger partial charge is 0.492 e. The topological polar surface area (TPSA) is 39.1 Å². The van der Waals surface area contributed by atoms with Gasteiger partial charge in [0, 0.05) is 6.54 Å². The number of nitrogens with one attached hydrogen (secondary N) is 1. The molecule has 0 spiro atoms. The Morgan fingerprint density at radius 3 is 3.14 bits per heavy atom. The van der Waals surface area contributed by atoms with E-state index in [-0.39, 0.29) is 0 Å². The van der Waals surface area contributed by atoms with Crippen LogP contribution in [0.4, 0.5) is 0 Å². The van der Waals surface area contributed by atoms with Crippen LogP contribution in [0.15, 0.2) is 6.20 Å². The Hall–Kier alpha value is -0.740. The maximum atomic E-state index is 6.11. The normalized spacial score (nSPS) is 22.3. The molecule has 4 nitrogen and oxygen atoms in total. The van der Waals surface area contributed by atoms with Crippen molar-refractivity contribution in [1.29, 1.82) is 0 Å².